The van der Waals surface area contributed by atoms with E-state index in [0.29, 0.717) is 0 Å². The molecule has 1 rings (SSSR count). The van der Waals surface area contributed by atoms with Gasteiger partial charge in [-0.1, -0.05) is 31.2 Å². The van der Waals surface area contributed by atoms with Gasteiger partial charge in [0.1, 0.15) is 0 Å². The SMILES string of the molecule is C=C(CC)CC=c1[nH]ncc1=CC. The van der Waals surface area contributed by atoms with Gasteiger partial charge in [-0.25, -0.2) is 0 Å². The summed E-state index contributed by atoms with van der Waals surface area (Å²) in [5.74, 6) is 0. The third-order valence-corrected chi connectivity index (χ3v) is 2.11. The van der Waals surface area contributed by atoms with E-state index in [0.717, 1.165) is 23.4 Å². The summed E-state index contributed by atoms with van der Waals surface area (Å²) in [5, 5.41) is 9.19. The van der Waals surface area contributed by atoms with Gasteiger partial charge in [0.05, 0.1) is 11.5 Å². The molecule has 0 saturated carbocycles. The van der Waals surface area contributed by atoms with Gasteiger partial charge in [-0.3, -0.25) is 5.10 Å². The van der Waals surface area contributed by atoms with Gasteiger partial charge in [0.15, 0.2) is 0 Å². The quantitative estimate of drug-likeness (QED) is 0.692. The molecule has 13 heavy (non-hydrogen) atoms. The zero-order chi connectivity index (χ0) is 9.68. The van der Waals surface area contributed by atoms with Crippen molar-refractivity contribution in [1.29, 1.82) is 0 Å². The summed E-state index contributed by atoms with van der Waals surface area (Å²) in [6.45, 7) is 8.08. The van der Waals surface area contributed by atoms with Crippen LogP contribution < -0.4 is 10.6 Å². The minimum atomic E-state index is 0.930. The highest BCUT2D eigenvalue weighted by atomic mass is 15.1. The minimum Gasteiger partial charge on any atom is -0.278 e. The largest absolute Gasteiger partial charge is 0.278 e. The number of H-pyrrole nitrogens is 1. The van der Waals surface area contributed by atoms with Crippen molar-refractivity contribution >= 4 is 12.2 Å². The fourth-order valence-corrected chi connectivity index (χ4v) is 1.09. The number of aromatic nitrogens is 2. The van der Waals surface area contributed by atoms with Gasteiger partial charge in [-0.05, 0) is 19.8 Å². The molecule has 0 radical (unpaired) electrons. The number of rotatable bonds is 3. The predicted molar refractivity (Wildman–Crippen MR) is 56.5 cm³/mol. The van der Waals surface area contributed by atoms with Crippen molar-refractivity contribution in [2.75, 3.05) is 0 Å². The predicted octanol–water partition coefficient (Wildman–Crippen LogP) is 1.35. The lowest BCUT2D eigenvalue weighted by molar-refractivity contribution is 1.03. The fourth-order valence-electron chi connectivity index (χ4n) is 1.09. The number of hydrogen-bond acceptors (Lipinski definition) is 1. The van der Waals surface area contributed by atoms with E-state index < -0.39 is 0 Å². The summed E-state index contributed by atoms with van der Waals surface area (Å²) >= 11 is 0. The second-order valence-corrected chi connectivity index (χ2v) is 3.04. The zero-order valence-corrected chi connectivity index (χ0v) is 8.30. The topological polar surface area (TPSA) is 28.7 Å². The van der Waals surface area contributed by atoms with Gasteiger partial charge in [-0.2, -0.15) is 5.10 Å². The van der Waals surface area contributed by atoms with Crippen LogP contribution in [0.15, 0.2) is 18.3 Å². The number of aromatic amines is 1. The van der Waals surface area contributed by atoms with E-state index in [4.69, 9.17) is 0 Å². The molecule has 0 aliphatic carbocycles. The summed E-state index contributed by atoms with van der Waals surface area (Å²) in [5.41, 5.74) is 1.25. The minimum absolute atomic E-state index is 0.930. The molecule has 2 heteroatoms. The van der Waals surface area contributed by atoms with Gasteiger partial charge in [0, 0.05) is 5.22 Å². The Morgan fingerprint density at radius 3 is 3.08 bits per heavy atom. The standard InChI is InChI=1S/C11H16N2/c1-4-9(3)6-7-11-10(5-2)8-12-13-11/h5,7-8,13H,3-4,6H2,1-2H3. The Morgan fingerprint density at radius 1 is 1.69 bits per heavy atom. The average molecular weight is 176 g/mol. The Bertz CT molecular complexity index is 384. The molecule has 0 unspecified atom stereocenters. The first kappa shape index (κ1) is 9.78. The van der Waals surface area contributed by atoms with Crippen LogP contribution in [0.3, 0.4) is 0 Å². The third-order valence-electron chi connectivity index (χ3n) is 2.11. The van der Waals surface area contributed by atoms with Gasteiger partial charge < -0.3 is 0 Å². The van der Waals surface area contributed by atoms with Crippen molar-refractivity contribution in [3.63, 3.8) is 0 Å². The normalized spacial score (nSPS) is 13.7. The highest BCUT2D eigenvalue weighted by Gasteiger charge is 1.88. The maximum absolute atomic E-state index is 3.98. The van der Waals surface area contributed by atoms with Crippen LogP contribution in [0.4, 0.5) is 0 Å². The molecule has 1 heterocycles. The summed E-state index contributed by atoms with van der Waals surface area (Å²) < 4.78 is 0. The number of allylic oxidation sites excluding steroid dienone is 1. The maximum atomic E-state index is 3.98. The van der Waals surface area contributed by atoms with Crippen LogP contribution in [0, 0.1) is 0 Å². The van der Waals surface area contributed by atoms with Crippen LogP contribution in [0.5, 0.6) is 0 Å². The third kappa shape index (κ3) is 2.58. The van der Waals surface area contributed by atoms with E-state index in [1.54, 1.807) is 0 Å². The molecule has 0 atom stereocenters. The van der Waals surface area contributed by atoms with E-state index in [2.05, 4.69) is 29.8 Å². The molecule has 0 amide bonds. The lowest BCUT2D eigenvalue weighted by atomic mass is 10.1. The molecule has 2 nitrogen and oxygen atoms in total. The van der Waals surface area contributed by atoms with Crippen molar-refractivity contribution in [2.24, 2.45) is 0 Å². The first-order valence-corrected chi connectivity index (χ1v) is 4.60. The number of nitrogens with zero attached hydrogens (tertiary/aromatic N) is 1. The van der Waals surface area contributed by atoms with Crippen molar-refractivity contribution in [2.45, 2.75) is 26.7 Å². The molecule has 0 fully saturated rings. The highest BCUT2D eigenvalue weighted by molar-refractivity contribution is 5.29. The van der Waals surface area contributed by atoms with Gasteiger partial charge in [-0.15, -0.1) is 0 Å². The molecule has 0 bridgehead atoms. The second kappa shape index (κ2) is 4.65. The Morgan fingerprint density at radius 2 is 2.46 bits per heavy atom. The van der Waals surface area contributed by atoms with E-state index >= 15 is 0 Å². The molecule has 0 aliphatic rings. The summed E-state index contributed by atoms with van der Waals surface area (Å²) in [6, 6.07) is 0. The zero-order valence-electron chi connectivity index (χ0n) is 8.30. The molecule has 0 spiro atoms. The van der Waals surface area contributed by atoms with Gasteiger partial charge in [0.25, 0.3) is 0 Å². The molecule has 70 valence electrons. The number of hydrogen-bond donors (Lipinski definition) is 1. The van der Waals surface area contributed by atoms with Crippen LogP contribution in [0.2, 0.25) is 0 Å². The molecular formula is C11H16N2. The van der Waals surface area contributed by atoms with Gasteiger partial charge >= 0.3 is 0 Å². The van der Waals surface area contributed by atoms with Crippen LogP contribution >= 0.6 is 0 Å². The van der Waals surface area contributed by atoms with E-state index in [1.165, 1.54) is 5.57 Å². The molecule has 0 aliphatic heterocycles. The molecule has 1 aromatic heterocycles. The Balaban J connectivity index is 2.89. The monoisotopic (exact) mass is 176 g/mol. The summed E-state index contributed by atoms with van der Waals surface area (Å²) in [7, 11) is 0. The van der Waals surface area contributed by atoms with Crippen molar-refractivity contribution in [3.05, 3.63) is 28.9 Å². The van der Waals surface area contributed by atoms with E-state index in [-0.39, 0.29) is 0 Å². The molecular weight excluding hydrogens is 160 g/mol. The first-order chi connectivity index (χ1) is 6.27. The molecule has 0 saturated heterocycles. The summed E-state index contributed by atoms with van der Waals surface area (Å²) in [6.07, 6.45) is 7.98. The van der Waals surface area contributed by atoms with Crippen LogP contribution in [0.1, 0.15) is 26.7 Å². The van der Waals surface area contributed by atoms with Crippen molar-refractivity contribution in [3.8, 4) is 0 Å². The summed E-state index contributed by atoms with van der Waals surface area (Å²) in [4.78, 5) is 0. The van der Waals surface area contributed by atoms with Crippen molar-refractivity contribution < 1.29 is 0 Å². The fraction of sp³-hybridized carbons (Fsp3) is 0.364. The molecule has 0 aromatic carbocycles. The van der Waals surface area contributed by atoms with Crippen LogP contribution in [0.25, 0.3) is 12.2 Å². The second-order valence-electron chi connectivity index (χ2n) is 3.04. The number of nitrogens with one attached hydrogen (secondary N) is 1. The lowest BCUT2D eigenvalue weighted by Crippen LogP contribution is -2.21. The molecule has 1 aromatic rings. The Hall–Kier alpha value is -1.31. The van der Waals surface area contributed by atoms with Crippen molar-refractivity contribution in [1.82, 2.24) is 10.2 Å². The van der Waals surface area contributed by atoms with Gasteiger partial charge in [0.2, 0.25) is 0 Å². The average Bonchev–Trinajstić information content (AvgIpc) is 2.61. The van der Waals surface area contributed by atoms with Crippen LogP contribution in [-0.4, -0.2) is 10.2 Å². The van der Waals surface area contributed by atoms with Crippen LogP contribution in [-0.2, 0) is 0 Å². The Labute approximate surface area is 78.7 Å². The smallest absolute Gasteiger partial charge is 0.0610 e. The lowest BCUT2D eigenvalue weighted by Gasteiger charge is -1.93. The first-order valence-electron chi connectivity index (χ1n) is 4.60. The molecule has 1 N–H and O–H groups in total. The highest BCUT2D eigenvalue weighted by Crippen LogP contribution is 2.01. The Kier molecular flexibility index (Phi) is 3.50. The van der Waals surface area contributed by atoms with E-state index in [1.807, 2.05) is 19.2 Å². The van der Waals surface area contributed by atoms with E-state index in [9.17, 15) is 0 Å². The maximum Gasteiger partial charge on any atom is 0.0610 e.